The molecule has 1 aromatic carbocycles. The van der Waals surface area contributed by atoms with Gasteiger partial charge in [0.15, 0.2) is 0 Å². The Morgan fingerprint density at radius 3 is 1.91 bits per heavy atom. The quantitative estimate of drug-likeness (QED) is 0.762. The molecule has 124 valence electrons. The Morgan fingerprint density at radius 2 is 1.45 bits per heavy atom. The molecular formula is C19H31NO2. The molecule has 0 radical (unpaired) electrons. The Labute approximate surface area is 135 Å². The van der Waals surface area contributed by atoms with Gasteiger partial charge in [0.05, 0.1) is 14.2 Å². The molecule has 2 atom stereocenters. The van der Waals surface area contributed by atoms with Gasteiger partial charge in [0.2, 0.25) is 0 Å². The minimum absolute atomic E-state index is 0.605. The lowest BCUT2D eigenvalue weighted by atomic mass is 9.79. The van der Waals surface area contributed by atoms with E-state index in [9.17, 15) is 0 Å². The smallest absolute Gasteiger partial charge is 0.122 e. The molecule has 0 N–H and O–H groups in total. The van der Waals surface area contributed by atoms with Crippen molar-refractivity contribution in [1.82, 2.24) is 4.90 Å². The van der Waals surface area contributed by atoms with E-state index in [-0.39, 0.29) is 0 Å². The standard InChI is InChI=1S/C19H31NO2/c1-6-10-20(11-7-2)17-13-16-15(12-14(17)3)18(21-4)8-9-19(16)22-5/h8-9,14,17H,6-7,10-13H2,1-5H3. The molecule has 0 saturated heterocycles. The van der Waals surface area contributed by atoms with Crippen LogP contribution < -0.4 is 9.47 Å². The minimum Gasteiger partial charge on any atom is -0.496 e. The summed E-state index contributed by atoms with van der Waals surface area (Å²) in [5.41, 5.74) is 2.70. The first-order valence-corrected chi connectivity index (χ1v) is 8.62. The SMILES string of the molecule is CCCN(CCC)C1Cc2c(OC)ccc(OC)c2CC1C. The summed E-state index contributed by atoms with van der Waals surface area (Å²) in [6.45, 7) is 9.29. The molecule has 1 aromatic rings. The zero-order chi connectivity index (χ0) is 16.1. The Morgan fingerprint density at radius 1 is 0.955 bits per heavy atom. The summed E-state index contributed by atoms with van der Waals surface area (Å²) in [5, 5.41) is 0. The Balaban J connectivity index is 2.34. The molecule has 3 nitrogen and oxygen atoms in total. The average Bonchev–Trinajstić information content (AvgIpc) is 2.53. The topological polar surface area (TPSA) is 21.7 Å². The molecule has 0 amide bonds. The third-order valence-corrected chi connectivity index (χ3v) is 4.87. The fourth-order valence-electron chi connectivity index (χ4n) is 3.86. The molecule has 0 spiro atoms. The largest absolute Gasteiger partial charge is 0.496 e. The maximum absolute atomic E-state index is 5.62. The fourth-order valence-corrected chi connectivity index (χ4v) is 3.86. The first kappa shape index (κ1) is 17.1. The van der Waals surface area contributed by atoms with Crippen LogP contribution in [0.15, 0.2) is 12.1 Å². The minimum atomic E-state index is 0.605. The van der Waals surface area contributed by atoms with Crippen molar-refractivity contribution in [2.24, 2.45) is 5.92 Å². The maximum atomic E-state index is 5.62. The first-order chi connectivity index (χ1) is 10.7. The molecule has 0 saturated carbocycles. The number of hydrogen-bond donors (Lipinski definition) is 0. The summed E-state index contributed by atoms with van der Waals surface area (Å²) < 4.78 is 11.2. The number of ether oxygens (including phenoxy) is 2. The van der Waals surface area contributed by atoms with Gasteiger partial charge in [-0.05, 0) is 56.8 Å². The summed E-state index contributed by atoms with van der Waals surface area (Å²) in [5.74, 6) is 2.67. The van der Waals surface area contributed by atoms with Gasteiger partial charge in [-0.3, -0.25) is 4.90 Å². The molecule has 0 aliphatic heterocycles. The van der Waals surface area contributed by atoms with Crippen LogP contribution in [0.2, 0.25) is 0 Å². The molecule has 0 heterocycles. The summed E-state index contributed by atoms with van der Waals surface area (Å²) in [7, 11) is 3.53. The van der Waals surface area contributed by atoms with E-state index in [4.69, 9.17) is 9.47 Å². The van der Waals surface area contributed by atoms with Crippen molar-refractivity contribution in [3.63, 3.8) is 0 Å². The second-order valence-corrected chi connectivity index (χ2v) is 6.42. The van der Waals surface area contributed by atoms with Crippen LogP contribution in [0.25, 0.3) is 0 Å². The third kappa shape index (κ3) is 3.40. The number of methoxy groups -OCH3 is 2. The molecule has 22 heavy (non-hydrogen) atoms. The first-order valence-electron chi connectivity index (χ1n) is 8.62. The lowest BCUT2D eigenvalue weighted by molar-refractivity contribution is 0.137. The van der Waals surface area contributed by atoms with E-state index in [1.807, 2.05) is 6.07 Å². The average molecular weight is 305 g/mol. The Hall–Kier alpha value is -1.22. The Bertz CT molecular complexity index is 481. The van der Waals surface area contributed by atoms with Crippen molar-refractivity contribution in [2.45, 2.75) is 52.5 Å². The molecule has 2 rings (SSSR count). The number of hydrogen-bond acceptors (Lipinski definition) is 3. The molecule has 1 aliphatic rings. The maximum Gasteiger partial charge on any atom is 0.122 e. The van der Waals surface area contributed by atoms with Crippen molar-refractivity contribution < 1.29 is 9.47 Å². The van der Waals surface area contributed by atoms with Crippen LogP contribution in [-0.2, 0) is 12.8 Å². The molecule has 1 aliphatic carbocycles. The van der Waals surface area contributed by atoms with Crippen LogP contribution in [-0.4, -0.2) is 38.3 Å². The molecule has 0 aromatic heterocycles. The van der Waals surface area contributed by atoms with Crippen molar-refractivity contribution in [3.05, 3.63) is 23.3 Å². The van der Waals surface area contributed by atoms with Crippen LogP contribution in [0, 0.1) is 5.92 Å². The highest BCUT2D eigenvalue weighted by Gasteiger charge is 2.32. The Kier molecular flexibility index (Phi) is 6.13. The number of rotatable bonds is 7. The number of benzene rings is 1. The molecular weight excluding hydrogens is 274 g/mol. The van der Waals surface area contributed by atoms with Crippen molar-refractivity contribution in [3.8, 4) is 11.5 Å². The van der Waals surface area contributed by atoms with Crippen LogP contribution in [0.4, 0.5) is 0 Å². The summed E-state index contributed by atoms with van der Waals surface area (Å²) in [6.07, 6.45) is 4.57. The van der Waals surface area contributed by atoms with Crippen LogP contribution >= 0.6 is 0 Å². The van der Waals surface area contributed by atoms with Crippen molar-refractivity contribution in [1.29, 1.82) is 0 Å². The van der Waals surface area contributed by atoms with Crippen molar-refractivity contribution in [2.75, 3.05) is 27.3 Å². The number of fused-ring (bicyclic) bond motifs is 1. The van der Waals surface area contributed by atoms with Gasteiger partial charge in [0, 0.05) is 17.2 Å². The van der Waals surface area contributed by atoms with E-state index in [0.717, 1.165) is 24.3 Å². The van der Waals surface area contributed by atoms with Crippen molar-refractivity contribution >= 4 is 0 Å². The highest BCUT2D eigenvalue weighted by molar-refractivity contribution is 5.50. The van der Waals surface area contributed by atoms with Gasteiger partial charge in [-0.25, -0.2) is 0 Å². The molecule has 0 bridgehead atoms. The zero-order valence-corrected chi connectivity index (χ0v) is 14.8. The van der Waals surface area contributed by atoms with Gasteiger partial charge in [-0.2, -0.15) is 0 Å². The molecule has 2 unspecified atom stereocenters. The fraction of sp³-hybridized carbons (Fsp3) is 0.684. The van der Waals surface area contributed by atoms with E-state index < -0.39 is 0 Å². The van der Waals surface area contributed by atoms with Gasteiger partial charge in [-0.15, -0.1) is 0 Å². The van der Waals surface area contributed by atoms with E-state index in [2.05, 4.69) is 31.7 Å². The predicted molar refractivity (Wildman–Crippen MR) is 92.1 cm³/mol. The summed E-state index contributed by atoms with van der Waals surface area (Å²) in [6, 6.07) is 4.70. The van der Waals surface area contributed by atoms with Gasteiger partial charge >= 0.3 is 0 Å². The van der Waals surface area contributed by atoms with Crippen LogP contribution in [0.5, 0.6) is 11.5 Å². The van der Waals surface area contributed by atoms with Gasteiger partial charge in [-0.1, -0.05) is 20.8 Å². The second-order valence-electron chi connectivity index (χ2n) is 6.42. The highest BCUT2D eigenvalue weighted by atomic mass is 16.5. The van der Waals surface area contributed by atoms with Crippen LogP contribution in [0.1, 0.15) is 44.7 Å². The van der Waals surface area contributed by atoms with E-state index in [0.29, 0.717) is 12.0 Å². The third-order valence-electron chi connectivity index (χ3n) is 4.87. The molecule has 0 fully saturated rings. The zero-order valence-electron chi connectivity index (χ0n) is 14.8. The monoisotopic (exact) mass is 305 g/mol. The van der Waals surface area contributed by atoms with E-state index in [1.165, 1.54) is 37.1 Å². The lowest BCUT2D eigenvalue weighted by Gasteiger charge is -2.40. The van der Waals surface area contributed by atoms with Gasteiger partial charge < -0.3 is 9.47 Å². The molecule has 3 heteroatoms. The van der Waals surface area contributed by atoms with Gasteiger partial charge in [0.25, 0.3) is 0 Å². The van der Waals surface area contributed by atoms with E-state index in [1.54, 1.807) is 14.2 Å². The van der Waals surface area contributed by atoms with Crippen LogP contribution in [0.3, 0.4) is 0 Å². The normalized spacial score (nSPS) is 20.8. The summed E-state index contributed by atoms with van der Waals surface area (Å²) >= 11 is 0. The lowest BCUT2D eigenvalue weighted by Crippen LogP contribution is -2.45. The highest BCUT2D eigenvalue weighted by Crippen LogP contribution is 2.39. The van der Waals surface area contributed by atoms with E-state index >= 15 is 0 Å². The summed E-state index contributed by atoms with van der Waals surface area (Å²) in [4.78, 5) is 2.67. The number of nitrogens with zero attached hydrogens (tertiary/aromatic N) is 1. The van der Waals surface area contributed by atoms with Gasteiger partial charge in [0.1, 0.15) is 11.5 Å². The second kappa shape index (κ2) is 7.87. The predicted octanol–water partition coefficient (Wildman–Crippen LogP) is 3.93.